The maximum Gasteiger partial charge on any atom is 0.339 e. The second-order valence-corrected chi connectivity index (χ2v) is 5.25. The number of esters is 1. The maximum absolute atomic E-state index is 11.9. The third-order valence-corrected chi connectivity index (χ3v) is 3.59. The molecule has 0 unspecified atom stereocenters. The summed E-state index contributed by atoms with van der Waals surface area (Å²) in [6.45, 7) is 3.69. The van der Waals surface area contributed by atoms with Gasteiger partial charge >= 0.3 is 5.97 Å². The summed E-state index contributed by atoms with van der Waals surface area (Å²) in [5.41, 5.74) is 6.38. The van der Waals surface area contributed by atoms with E-state index in [0.717, 1.165) is 12.8 Å². The van der Waals surface area contributed by atoms with Gasteiger partial charge < -0.3 is 15.8 Å². The Morgan fingerprint density at radius 3 is 2.60 bits per heavy atom. The summed E-state index contributed by atoms with van der Waals surface area (Å²) in [6.07, 6.45) is 1.69. The summed E-state index contributed by atoms with van der Waals surface area (Å²) in [4.78, 5) is 23.5. The SMILES string of the molecule is CCC(CC)NC(=O)COC(=O)c1cc(N)ccc1Br. The van der Waals surface area contributed by atoms with Gasteiger partial charge in [-0.05, 0) is 47.0 Å². The van der Waals surface area contributed by atoms with Crippen molar-refractivity contribution in [3.05, 3.63) is 28.2 Å². The van der Waals surface area contributed by atoms with E-state index in [0.29, 0.717) is 15.7 Å². The van der Waals surface area contributed by atoms with Crippen LogP contribution in [0.15, 0.2) is 22.7 Å². The zero-order valence-corrected chi connectivity index (χ0v) is 13.2. The van der Waals surface area contributed by atoms with Crippen molar-refractivity contribution in [2.75, 3.05) is 12.3 Å². The van der Waals surface area contributed by atoms with Gasteiger partial charge in [-0.25, -0.2) is 4.79 Å². The largest absolute Gasteiger partial charge is 0.452 e. The highest BCUT2D eigenvalue weighted by atomic mass is 79.9. The minimum atomic E-state index is -0.580. The Labute approximate surface area is 127 Å². The lowest BCUT2D eigenvalue weighted by molar-refractivity contribution is -0.125. The fraction of sp³-hybridized carbons (Fsp3) is 0.429. The molecule has 0 bridgehead atoms. The van der Waals surface area contributed by atoms with Crippen molar-refractivity contribution >= 4 is 33.5 Å². The van der Waals surface area contributed by atoms with Crippen LogP contribution in [0.5, 0.6) is 0 Å². The number of halogens is 1. The average molecular weight is 343 g/mol. The molecule has 0 atom stereocenters. The molecule has 0 aliphatic heterocycles. The second kappa shape index (κ2) is 7.89. The second-order valence-electron chi connectivity index (χ2n) is 4.40. The molecule has 1 amide bonds. The van der Waals surface area contributed by atoms with Crippen LogP contribution >= 0.6 is 15.9 Å². The van der Waals surface area contributed by atoms with Crippen molar-refractivity contribution in [3.8, 4) is 0 Å². The Hall–Kier alpha value is -1.56. The van der Waals surface area contributed by atoms with Gasteiger partial charge in [0.05, 0.1) is 5.56 Å². The van der Waals surface area contributed by atoms with Crippen LogP contribution in [0.2, 0.25) is 0 Å². The number of nitrogens with one attached hydrogen (secondary N) is 1. The van der Waals surface area contributed by atoms with Gasteiger partial charge in [0.2, 0.25) is 0 Å². The number of amides is 1. The summed E-state index contributed by atoms with van der Waals surface area (Å²) in [6, 6.07) is 4.95. The molecule has 1 aromatic rings. The standard InChI is InChI=1S/C14H19BrN2O3/c1-3-10(4-2)17-13(18)8-20-14(19)11-7-9(16)5-6-12(11)15/h5-7,10H,3-4,8,16H2,1-2H3,(H,17,18). The molecule has 0 saturated heterocycles. The van der Waals surface area contributed by atoms with Gasteiger partial charge in [0, 0.05) is 16.2 Å². The fourth-order valence-electron chi connectivity index (χ4n) is 1.67. The number of hydrogen-bond acceptors (Lipinski definition) is 4. The number of carbonyl (C=O) groups excluding carboxylic acids is 2. The number of hydrogen-bond donors (Lipinski definition) is 2. The van der Waals surface area contributed by atoms with E-state index in [1.54, 1.807) is 12.1 Å². The Bertz CT molecular complexity index is 487. The van der Waals surface area contributed by atoms with Gasteiger partial charge in [-0.1, -0.05) is 13.8 Å². The minimum absolute atomic E-state index is 0.111. The molecular formula is C14H19BrN2O3. The van der Waals surface area contributed by atoms with Gasteiger partial charge in [-0.3, -0.25) is 4.79 Å². The lowest BCUT2D eigenvalue weighted by Crippen LogP contribution is -2.36. The van der Waals surface area contributed by atoms with Gasteiger partial charge in [0.1, 0.15) is 0 Å². The predicted octanol–water partition coefficient (Wildman–Crippen LogP) is 2.49. The summed E-state index contributed by atoms with van der Waals surface area (Å²) in [5.74, 6) is -0.879. The van der Waals surface area contributed by atoms with Crippen LogP contribution < -0.4 is 11.1 Å². The Kier molecular flexibility index (Phi) is 6.51. The number of nitrogen functional groups attached to an aromatic ring is 1. The van der Waals surface area contributed by atoms with Crippen LogP contribution in [0.25, 0.3) is 0 Å². The number of rotatable bonds is 6. The van der Waals surface area contributed by atoms with E-state index in [4.69, 9.17) is 10.5 Å². The Balaban J connectivity index is 2.55. The van der Waals surface area contributed by atoms with Crippen molar-refractivity contribution in [1.82, 2.24) is 5.32 Å². The van der Waals surface area contributed by atoms with E-state index in [1.807, 2.05) is 13.8 Å². The highest BCUT2D eigenvalue weighted by Gasteiger charge is 2.15. The first-order valence-electron chi connectivity index (χ1n) is 6.49. The number of anilines is 1. The Morgan fingerprint density at radius 2 is 2.00 bits per heavy atom. The highest BCUT2D eigenvalue weighted by Crippen LogP contribution is 2.20. The third kappa shape index (κ3) is 4.85. The van der Waals surface area contributed by atoms with Crippen LogP contribution in [0, 0.1) is 0 Å². The van der Waals surface area contributed by atoms with Gasteiger partial charge in [0.25, 0.3) is 5.91 Å². The highest BCUT2D eigenvalue weighted by molar-refractivity contribution is 9.10. The van der Waals surface area contributed by atoms with Gasteiger partial charge in [0.15, 0.2) is 6.61 Å². The number of benzene rings is 1. The Morgan fingerprint density at radius 1 is 1.35 bits per heavy atom. The molecule has 0 aliphatic rings. The zero-order chi connectivity index (χ0) is 15.1. The molecule has 5 nitrogen and oxygen atoms in total. The van der Waals surface area contributed by atoms with E-state index in [2.05, 4.69) is 21.2 Å². The van der Waals surface area contributed by atoms with E-state index in [9.17, 15) is 9.59 Å². The monoisotopic (exact) mass is 342 g/mol. The van der Waals surface area contributed by atoms with E-state index >= 15 is 0 Å². The fourth-order valence-corrected chi connectivity index (χ4v) is 2.08. The predicted molar refractivity (Wildman–Crippen MR) is 81.3 cm³/mol. The zero-order valence-electron chi connectivity index (χ0n) is 11.6. The molecule has 0 aliphatic carbocycles. The number of ether oxygens (including phenoxy) is 1. The first kappa shape index (κ1) is 16.5. The van der Waals surface area contributed by atoms with Crippen LogP contribution in [0.1, 0.15) is 37.0 Å². The third-order valence-electron chi connectivity index (χ3n) is 2.90. The molecule has 0 heterocycles. The summed E-state index contributed by atoms with van der Waals surface area (Å²) in [5, 5.41) is 2.80. The molecule has 0 fully saturated rings. The molecule has 6 heteroatoms. The van der Waals surface area contributed by atoms with E-state index in [1.165, 1.54) is 6.07 Å². The van der Waals surface area contributed by atoms with Crippen molar-refractivity contribution in [2.24, 2.45) is 0 Å². The minimum Gasteiger partial charge on any atom is -0.452 e. The molecule has 3 N–H and O–H groups in total. The molecule has 1 rings (SSSR count). The maximum atomic E-state index is 11.9. The average Bonchev–Trinajstić information content (AvgIpc) is 2.44. The smallest absolute Gasteiger partial charge is 0.339 e. The molecule has 0 saturated carbocycles. The van der Waals surface area contributed by atoms with Crippen LogP contribution in [-0.2, 0) is 9.53 Å². The number of carbonyl (C=O) groups is 2. The normalized spacial score (nSPS) is 10.4. The first-order valence-corrected chi connectivity index (χ1v) is 7.28. The first-order chi connectivity index (χ1) is 9.47. The molecule has 0 spiro atoms. The lowest BCUT2D eigenvalue weighted by Gasteiger charge is -2.14. The molecule has 1 aromatic carbocycles. The van der Waals surface area contributed by atoms with Crippen LogP contribution in [-0.4, -0.2) is 24.5 Å². The molecule has 110 valence electrons. The summed E-state index contributed by atoms with van der Waals surface area (Å²) >= 11 is 3.24. The van der Waals surface area contributed by atoms with Crippen molar-refractivity contribution in [2.45, 2.75) is 32.7 Å². The van der Waals surface area contributed by atoms with Crippen LogP contribution in [0.3, 0.4) is 0 Å². The number of nitrogens with two attached hydrogens (primary N) is 1. The molecule has 0 aromatic heterocycles. The quantitative estimate of drug-likeness (QED) is 0.614. The topological polar surface area (TPSA) is 81.4 Å². The summed E-state index contributed by atoms with van der Waals surface area (Å²) in [7, 11) is 0. The lowest BCUT2D eigenvalue weighted by atomic mass is 10.2. The van der Waals surface area contributed by atoms with Gasteiger partial charge in [-0.2, -0.15) is 0 Å². The molecule has 20 heavy (non-hydrogen) atoms. The van der Waals surface area contributed by atoms with Crippen molar-refractivity contribution in [3.63, 3.8) is 0 Å². The van der Waals surface area contributed by atoms with Crippen LogP contribution in [0.4, 0.5) is 5.69 Å². The van der Waals surface area contributed by atoms with Crippen molar-refractivity contribution < 1.29 is 14.3 Å². The van der Waals surface area contributed by atoms with E-state index < -0.39 is 5.97 Å². The molecule has 0 radical (unpaired) electrons. The summed E-state index contributed by atoms with van der Waals surface area (Å²) < 4.78 is 5.56. The van der Waals surface area contributed by atoms with Gasteiger partial charge in [-0.15, -0.1) is 0 Å². The van der Waals surface area contributed by atoms with Crippen molar-refractivity contribution in [1.29, 1.82) is 0 Å². The van der Waals surface area contributed by atoms with E-state index in [-0.39, 0.29) is 18.6 Å². The molecular weight excluding hydrogens is 324 g/mol.